The van der Waals surface area contributed by atoms with Crippen LogP contribution in [0.1, 0.15) is 23.8 Å². The van der Waals surface area contributed by atoms with Crippen LogP contribution in [0.15, 0.2) is 59.0 Å². The molecular weight excluding hydrogens is 397 g/mol. The smallest absolute Gasteiger partial charge is 0.223 e. The van der Waals surface area contributed by atoms with E-state index in [1.165, 1.54) is 5.56 Å². The fourth-order valence-electron chi connectivity index (χ4n) is 3.79. The van der Waals surface area contributed by atoms with Gasteiger partial charge in [0, 0.05) is 31.8 Å². The van der Waals surface area contributed by atoms with Crippen molar-refractivity contribution >= 4 is 41.8 Å². The highest BCUT2D eigenvalue weighted by Gasteiger charge is 2.35. The average Bonchev–Trinajstić information content (AvgIpc) is 3.30. The van der Waals surface area contributed by atoms with E-state index in [2.05, 4.69) is 17.1 Å². The molecule has 1 saturated heterocycles. The summed E-state index contributed by atoms with van der Waals surface area (Å²) in [6, 6.07) is 18.0. The van der Waals surface area contributed by atoms with Crippen molar-refractivity contribution in [1.82, 2.24) is 9.88 Å². The van der Waals surface area contributed by atoms with Crippen molar-refractivity contribution in [2.75, 3.05) is 19.6 Å². The van der Waals surface area contributed by atoms with E-state index >= 15 is 0 Å². The molecule has 0 unspecified atom stereocenters. The van der Waals surface area contributed by atoms with E-state index in [1.54, 1.807) is 0 Å². The largest absolute Gasteiger partial charge is 0.441 e. The summed E-state index contributed by atoms with van der Waals surface area (Å²) in [5.41, 5.74) is 8.83. The Morgan fingerprint density at radius 1 is 1.07 bits per heavy atom. The number of likely N-dealkylation sites (tertiary alicyclic amines) is 1. The standard InChI is InChI=1S/C21H23N3O2.2ClH/c22-12-16-13-24(14-17(16)15-6-2-1-3-7-15)21(25)11-10-20-23-18-8-4-5-9-19(18)26-20;;/h1-9,16-17H,10-14,22H2;2*1H/t16-,17+;;/m1../s1. The van der Waals surface area contributed by atoms with Crippen molar-refractivity contribution in [2.45, 2.75) is 18.8 Å². The molecule has 28 heavy (non-hydrogen) atoms. The number of halogens is 2. The molecule has 2 atom stereocenters. The number of nitrogens with two attached hydrogens (primary N) is 1. The molecular formula is C21H25Cl2N3O2. The number of nitrogens with zero attached hydrogens (tertiary/aromatic N) is 2. The first-order valence-electron chi connectivity index (χ1n) is 9.12. The van der Waals surface area contributed by atoms with E-state index < -0.39 is 0 Å². The van der Waals surface area contributed by atoms with E-state index in [-0.39, 0.29) is 30.7 Å². The fraction of sp³-hybridized carbons (Fsp3) is 0.333. The van der Waals surface area contributed by atoms with Gasteiger partial charge in [-0.15, -0.1) is 24.8 Å². The van der Waals surface area contributed by atoms with E-state index in [9.17, 15) is 4.79 Å². The Hall–Kier alpha value is -2.08. The van der Waals surface area contributed by atoms with Crippen molar-refractivity contribution < 1.29 is 9.21 Å². The molecule has 3 aromatic rings. The van der Waals surface area contributed by atoms with Crippen LogP contribution in [0.4, 0.5) is 0 Å². The lowest BCUT2D eigenvalue weighted by molar-refractivity contribution is -0.130. The molecule has 5 nitrogen and oxygen atoms in total. The molecule has 0 radical (unpaired) electrons. The van der Waals surface area contributed by atoms with E-state index in [0.29, 0.717) is 37.1 Å². The number of para-hydroxylation sites is 2. The number of rotatable bonds is 5. The first-order chi connectivity index (χ1) is 12.7. The van der Waals surface area contributed by atoms with Gasteiger partial charge in [-0.05, 0) is 30.2 Å². The Bertz CT molecular complexity index is 868. The number of aryl methyl sites for hydroxylation is 1. The second kappa shape index (κ2) is 9.92. The van der Waals surface area contributed by atoms with Gasteiger partial charge in [0.05, 0.1) is 0 Å². The Kier molecular flexibility index (Phi) is 7.87. The van der Waals surface area contributed by atoms with Crippen LogP contribution >= 0.6 is 24.8 Å². The van der Waals surface area contributed by atoms with Crippen molar-refractivity contribution in [2.24, 2.45) is 11.7 Å². The number of benzene rings is 2. The van der Waals surface area contributed by atoms with Crippen molar-refractivity contribution in [1.29, 1.82) is 0 Å². The van der Waals surface area contributed by atoms with Crippen molar-refractivity contribution in [3.63, 3.8) is 0 Å². The second-order valence-electron chi connectivity index (χ2n) is 6.89. The quantitative estimate of drug-likeness (QED) is 0.679. The average molecular weight is 422 g/mol. The molecule has 0 saturated carbocycles. The zero-order valence-corrected chi connectivity index (χ0v) is 17.1. The lowest BCUT2D eigenvalue weighted by Gasteiger charge is -2.16. The molecule has 1 fully saturated rings. The van der Waals surface area contributed by atoms with Gasteiger partial charge < -0.3 is 15.1 Å². The monoisotopic (exact) mass is 421 g/mol. The third-order valence-corrected chi connectivity index (χ3v) is 5.22. The predicted molar refractivity (Wildman–Crippen MR) is 115 cm³/mol. The lowest BCUT2D eigenvalue weighted by atomic mass is 9.89. The van der Waals surface area contributed by atoms with Gasteiger partial charge in [0.15, 0.2) is 11.5 Å². The van der Waals surface area contributed by atoms with Gasteiger partial charge in [-0.3, -0.25) is 4.79 Å². The van der Waals surface area contributed by atoms with Crippen LogP contribution in [0.25, 0.3) is 11.1 Å². The van der Waals surface area contributed by atoms with Gasteiger partial charge in [-0.2, -0.15) is 0 Å². The molecule has 1 amide bonds. The summed E-state index contributed by atoms with van der Waals surface area (Å²) < 4.78 is 5.71. The number of amides is 1. The molecule has 1 aliphatic heterocycles. The first kappa shape index (κ1) is 22.2. The van der Waals surface area contributed by atoms with Crippen molar-refractivity contribution in [3.05, 3.63) is 66.1 Å². The van der Waals surface area contributed by atoms with Crippen LogP contribution in [0.2, 0.25) is 0 Å². The number of aromatic nitrogens is 1. The van der Waals surface area contributed by atoms with Crippen LogP contribution in [0.3, 0.4) is 0 Å². The van der Waals surface area contributed by atoms with Gasteiger partial charge in [-0.25, -0.2) is 4.98 Å². The second-order valence-corrected chi connectivity index (χ2v) is 6.89. The molecule has 1 aliphatic rings. The molecule has 0 spiro atoms. The predicted octanol–water partition coefficient (Wildman–Crippen LogP) is 3.80. The van der Waals surface area contributed by atoms with Crippen LogP contribution in [0.5, 0.6) is 0 Å². The molecule has 150 valence electrons. The Morgan fingerprint density at radius 2 is 1.79 bits per heavy atom. The maximum atomic E-state index is 12.7. The summed E-state index contributed by atoms with van der Waals surface area (Å²) in [5.74, 6) is 1.39. The molecule has 4 rings (SSSR count). The summed E-state index contributed by atoms with van der Waals surface area (Å²) in [4.78, 5) is 19.1. The zero-order chi connectivity index (χ0) is 17.9. The molecule has 7 heteroatoms. The highest BCUT2D eigenvalue weighted by Crippen LogP contribution is 2.32. The van der Waals surface area contributed by atoms with Crippen LogP contribution in [-0.2, 0) is 11.2 Å². The Morgan fingerprint density at radius 3 is 2.50 bits per heavy atom. The number of fused-ring (bicyclic) bond motifs is 1. The summed E-state index contributed by atoms with van der Waals surface area (Å²) in [7, 11) is 0. The van der Waals surface area contributed by atoms with Gasteiger partial charge in [-0.1, -0.05) is 42.5 Å². The van der Waals surface area contributed by atoms with Crippen LogP contribution < -0.4 is 5.73 Å². The van der Waals surface area contributed by atoms with Gasteiger partial charge in [0.25, 0.3) is 0 Å². The normalized spacial score (nSPS) is 18.5. The maximum absolute atomic E-state index is 12.7. The van der Waals surface area contributed by atoms with Gasteiger partial charge in [0.1, 0.15) is 5.52 Å². The molecule has 2 heterocycles. The number of carbonyl (C=O) groups is 1. The summed E-state index contributed by atoms with van der Waals surface area (Å²) in [6.07, 6.45) is 0.929. The van der Waals surface area contributed by atoms with E-state index in [4.69, 9.17) is 10.2 Å². The lowest BCUT2D eigenvalue weighted by Crippen LogP contribution is -2.30. The number of hydrogen-bond donors (Lipinski definition) is 1. The minimum absolute atomic E-state index is 0. The molecule has 0 bridgehead atoms. The minimum atomic E-state index is 0. The third-order valence-electron chi connectivity index (χ3n) is 5.22. The number of oxazole rings is 1. The Balaban J connectivity index is 0.00000140. The number of hydrogen-bond acceptors (Lipinski definition) is 4. The van der Waals surface area contributed by atoms with Crippen molar-refractivity contribution in [3.8, 4) is 0 Å². The molecule has 0 aliphatic carbocycles. The zero-order valence-electron chi connectivity index (χ0n) is 15.5. The number of carbonyl (C=O) groups excluding carboxylic acids is 1. The summed E-state index contributed by atoms with van der Waals surface area (Å²) >= 11 is 0. The highest BCUT2D eigenvalue weighted by atomic mass is 35.5. The maximum Gasteiger partial charge on any atom is 0.223 e. The first-order valence-corrected chi connectivity index (χ1v) is 9.12. The molecule has 1 aromatic heterocycles. The summed E-state index contributed by atoms with van der Waals surface area (Å²) in [6.45, 7) is 2.05. The van der Waals surface area contributed by atoms with Gasteiger partial charge >= 0.3 is 0 Å². The topological polar surface area (TPSA) is 72.4 Å². The summed E-state index contributed by atoms with van der Waals surface area (Å²) in [5, 5.41) is 0. The SMILES string of the molecule is Cl.Cl.NC[C@@H]1CN(C(=O)CCc2nc3ccccc3o2)C[C@H]1c1ccccc1. The van der Waals surface area contributed by atoms with E-state index in [0.717, 1.165) is 24.2 Å². The highest BCUT2D eigenvalue weighted by molar-refractivity contribution is 5.85. The van der Waals surface area contributed by atoms with Gasteiger partial charge in [0.2, 0.25) is 5.91 Å². The Labute approximate surface area is 177 Å². The van der Waals surface area contributed by atoms with Crippen LogP contribution in [-0.4, -0.2) is 35.4 Å². The fourth-order valence-corrected chi connectivity index (χ4v) is 3.79. The van der Waals surface area contributed by atoms with Crippen LogP contribution in [0, 0.1) is 5.92 Å². The third kappa shape index (κ3) is 4.66. The molecule has 2 aromatic carbocycles. The van der Waals surface area contributed by atoms with E-state index in [1.807, 2.05) is 47.4 Å². The minimum Gasteiger partial charge on any atom is -0.441 e. The molecule has 2 N–H and O–H groups in total.